The summed E-state index contributed by atoms with van der Waals surface area (Å²) in [7, 11) is 0. The summed E-state index contributed by atoms with van der Waals surface area (Å²) < 4.78 is 0. The smallest absolute Gasteiger partial charge is 0.126 e. The van der Waals surface area contributed by atoms with E-state index in [1.165, 1.54) is 0 Å². The lowest BCUT2D eigenvalue weighted by Crippen LogP contribution is -2.35. The fourth-order valence-electron chi connectivity index (χ4n) is 1.33. The first-order chi connectivity index (χ1) is 7.78. The Hall–Kier alpha value is -0.800. The molecule has 2 N–H and O–H groups in total. The Morgan fingerprint density at radius 1 is 1.29 bits per heavy atom. The SMILES string of the molecule is CC(C)Nc1ccc(Cl)c(CNC(C)(C)C)n1. The van der Waals surface area contributed by atoms with Crippen LogP contribution in [-0.2, 0) is 6.54 Å². The van der Waals surface area contributed by atoms with E-state index in [4.69, 9.17) is 11.6 Å². The average molecular weight is 256 g/mol. The molecular formula is C13H22ClN3. The molecule has 0 saturated heterocycles. The molecule has 0 fully saturated rings. The number of nitrogens with one attached hydrogen (secondary N) is 2. The van der Waals surface area contributed by atoms with Crippen molar-refractivity contribution >= 4 is 17.4 Å². The van der Waals surface area contributed by atoms with Crippen LogP contribution in [0.1, 0.15) is 40.3 Å². The summed E-state index contributed by atoms with van der Waals surface area (Å²) in [5, 5.41) is 7.36. The Bertz CT molecular complexity index is 369. The molecule has 1 heterocycles. The zero-order valence-electron chi connectivity index (χ0n) is 11.3. The summed E-state index contributed by atoms with van der Waals surface area (Å²) in [6, 6.07) is 4.16. The first-order valence-electron chi connectivity index (χ1n) is 5.95. The zero-order valence-corrected chi connectivity index (χ0v) is 12.0. The summed E-state index contributed by atoms with van der Waals surface area (Å²) >= 11 is 6.13. The lowest BCUT2D eigenvalue weighted by Gasteiger charge is -2.21. The number of nitrogens with zero attached hydrogens (tertiary/aromatic N) is 1. The largest absolute Gasteiger partial charge is 0.368 e. The molecular weight excluding hydrogens is 234 g/mol. The van der Waals surface area contributed by atoms with Crippen molar-refractivity contribution in [2.75, 3.05) is 5.32 Å². The molecule has 0 aliphatic carbocycles. The summed E-state index contributed by atoms with van der Waals surface area (Å²) in [5.74, 6) is 0.870. The van der Waals surface area contributed by atoms with Gasteiger partial charge in [0.25, 0.3) is 0 Å². The van der Waals surface area contributed by atoms with E-state index in [1.54, 1.807) is 0 Å². The lowest BCUT2D eigenvalue weighted by molar-refractivity contribution is 0.421. The van der Waals surface area contributed by atoms with Crippen LogP contribution in [0.5, 0.6) is 0 Å². The van der Waals surface area contributed by atoms with E-state index in [2.05, 4.69) is 50.2 Å². The van der Waals surface area contributed by atoms with Crippen LogP contribution >= 0.6 is 11.6 Å². The van der Waals surface area contributed by atoms with E-state index in [0.29, 0.717) is 17.6 Å². The molecule has 3 nitrogen and oxygen atoms in total. The summed E-state index contributed by atoms with van der Waals surface area (Å²) in [4.78, 5) is 4.51. The summed E-state index contributed by atoms with van der Waals surface area (Å²) in [6.45, 7) is 11.2. The van der Waals surface area contributed by atoms with Gasteiger partial charge in [-0.2, -0.15) is 0 Å². The standard InChI is InChI=1S/C13H22ClN3/c1-9(2)16-12-7-6-10(14)11(17-12)8-15-13(3,4)5/h6-7,9,15H,8H2,1-5H3,(H,16,17). The van der Waals surface area contributed by atoms with Gasteiger partial charge in [-0.25, -0.2) is 4.98 Å². The Labute approximate surface area is 109 Å². The van der Waals surface area contributed by atoms with Crippen molar-refractivity contribution < 1.29 is 0 Å². The third-order valence-electron chi connectivity index (χ3n) is 2.14. The summed E-state index contributed by atoms with van der Waals surface area (Å²) in [6.07, 6.45) is 0. The molecule has 1 rings (SSSR count). The molecule has 0 spiro atoms. The minimum absolute atomic E-state index is 0.0620. The maximum absolute atomic E-state index is 6.13. The number of hydrogen-bond donors (Lipinski definition) is 2. The van der Waals surface area contributed by atoms with Gasteiger partial charge >= 0.3 is 0 Å². The lowest BCUT2D eigenvalue weighted by atomic mass is 10.1. The van der Waals surface area contributed by atoms with Crippen molar-refractivity contribution in [2.24, 2.45) is 0 Å². The molecule has 4 heteroatoms. The molecule has 0 atom stereocenters. The molecule has 0 unspecified atom stereocenters. The molecule has 0 radical (unpaired) electrons. The van der Waals surface area contributed by atoms with Crippen LogP contribution in [-0.4, -0.2) is 16.6 Å². The second-order valence-electron chi connectivity index (χ2n) is 5.53. The second-order valence-corrected chi connectivity index (χ2v) is 5.93. The fraction of sp³-hybridized carbons (Fsp3) is 0.615. The predicted octanol–water partition coefficient (Wildman–Crippen LogP) is 3.44. The number of aromatic nitrogens is 1. The van der Waals surface area contributed by atoms with Crippen LogP contribution in [0.4, 0.5) is 5.82 Å². The van der Waals surface area contributed by atoms with Gasteiger partial charge in [0.2, 0.25) is 0 Å². The van der Waals surface area contributed by atoms with Crippen molar-refractivity contribution in [3.05, 3.63) is 22.8 Å². The fourth-order valence-corrected chi connectivity index (χ4v) is 1.51. The highest BCUT2D eigenvalue weighted by atomic mass is 35.5. The first-order valence-corrected chi connectivity index (χ1v) is 6.33. The molecule has 0 aromatic carbocycles. The highest BCUT2D eigenvalue weighted by molar-refractivity contribution is 6.31. The molecule has 0 bridgehead atoms. The van der Waals surface area contributed by atoms with Gasteiger partial charge in [-0.15, -0.1) is 0 Å². The summed E-state index contributed by atoms with van der Waals surface area (Å²) in [5.41, 5.74) is 0.944. The second kappa shape index (κ2) is 5.69. The van der Waals surface area contributed by atoms with E-state index in [-0.39, 0.29) is 5.54 Å². The maximum Gasteiger partial charge on any atom is 0.126 e. The van der Waals surface area contributed by atoms with Gasteiger partial charge in [-0.05, 0) is 46.8 Å². The van der Waals surface area contributed by atoms with Gasteiger partial charge in [0.05, 0.1) is 10.7 Å². The van der Waals surface area contributed by atoms with Crippen LogP contribution in [0.3, 0.4) is 0 Å². The number of hydrogen-bond acceptors (Lipinski definition) is 3. The molecule has 0 saturated carbocycles. The molecule has 0 amide bonds. The van der Waals surface area contributed by atoms with Crippen molar-refractivity contribution in [2.45, 2.75) is 52.7 Å². The minimum atomic E-state index is 0.0620. The van der Waals surface area contributed by atoms with Crippen molar-refractivity contribution in [1.29, 1.82) is 0 Å². The highest BCUT2D eigenvalue weighted by Crippen LogP contribution is 2.17. The maximum atomic E-state index is 6.13. The Morgan fingerprint density at radius 3 is 2.47 bits per heavy atom. The van der Waals surface area contributed by atoms with Crippen LogP contribution in [0.15, 0.2) is 12.1 Å². The van der Waals surface area contributed by atoms with Crippen molar-refractivity contribution in [3.63, 3.8) is 0 Å². The van der Waals surface area contributed by atoms with Crippen LogP contribution in [0.25, 0.3) is 0 Å². The molecule has 1 aromatic heterocycles. The first kappa shape index (κ1) is 14.3. The van der Waals surface area contributed by atoms with Gasteiger partial charge in [0.1, 0.15) is 5.82 Å². The number of halogens is 1. The van der Waals surface area contributed by atoms with E-state index < -0.39 is 0 Å². The molecule has 1 aromatic rings. The van der Waals surface area contributed by atoms with Crippen molar-refractivity contribution in [1.82, 2.24) is 10.3 Å². The molecule has 0 aliphatic heterocycles. The van der Waals surface area contributed by atoms with Gasteiger partial charge in [0.15, 0.2) is 0 Å². The average Bonchev–Trinajstić information content (AvgIpc) is 2.17. The van der Waals surface area contributed by atoms with Crippen molar-refractivity contribution in [3.8, 4) is 0 Å². The molecule has 17 heavy (non-hydrogen) atoms. The normalized spacial score (nSPS) is 11.9. The zero-order chi connectivity index (χ0) is 13.1. The quantitative estimate of drug-likeness (QED) is 0.865. The van der Waals surface area contributed by atoms with Crippen LogP contribution < -0.4 is 10.6 Å². The van der Waals surface area contributed by atoms with E-state index in [0.717, 1.165) is 11.5 Å². The van der Waals surface area contributed by atoms with Gasteiger partial charge in [-0.1, -0.05) is 11.6 Å². The highest BCUT2D eigenvalue weighted by Gasteiger charge is 2.11. The molecule has 96 valence electrons. The predicted molar refractivity (Wildman–Crippen MR) is 74.6 cm³/mol. The van der Waals surface area contributed by atoms with E-state index in [1.807, 2.05) is 12.1 Å². The Morgan fingerprint density at radius 2 is 1.94 bits per heavy atom. The third kappa shape index (κ3) is 5.37. The van der Waals surface area contributed by atoms with Gasteiger partial charge in [0, 0.05) is 18.1 Å². The van der Waals surface area contributed by atoms with E-state index in [9.17, 15) is 0 Å². The van der Waals surface area contributed by atoms with Crippen LogP contribution in [0, 0.1) is 0 Å². The number of anilines is 1. The van der Waals surface area contributed by atoms with Gasteiger partial charge < -0.3 is 10.6 Å². The van der Waals surface area contributed by atoms with E-state index >= 15 is 0 Å². The number of pyridine rings is 1. The third-order valence-corrected chi connectivity index (χ3v) is 2.49. The van der Waals surface area contributed by atoms with Crippen LogP contribution in [0.2, 0.25) is 5.02 Å². The van der Waals surface area contributed by atoms with Gasteiger partial charge in [-0.3, -0.25) is 0 Å². The monoisotopic (exact) mass is 255 g/mol. The Kier molecular flexibility index (Phi) is 4.78. The number of rotatable bonds is 4. The molecule has 0 aliphatic rings. The topological polar surface area (TPSA) is 37.0 Å². The Balaban J connectivity index is 2.76. The minimum Gasteiger partial charge on any atom is -0.368 e.